The largest absolute Gasteiger partial charge is 0.488 e. The first-order valence-corrected chi connectivity index (χ1v) is 19.4. The molecule has 0 aliphatic heterocycles. The lowest BCUT2D eigenvalue weighted by Crippen LogP contribution is -2.22. The molecule has 0 saturated heterocycles. The van der Waals surface area contributed by atoms with Gasteiger partial charge in [-0.25, -0.2) is 17.6 Å². The molecule has 0 bridgehead atoms. The van der Waals surface area contributed by atoms with Crippen molar-refractivity contribution >= 4 is 32.3 Å². The lowest BCUT2D eigenvalue weighted by atomic mass is 9.78. The lowest BCUT2D eigenvalue weighted by molar-refractivity contribution is 0.130. The quantitative estimate of drug-likeness (QED) is 0.124. The van der Waals surface area contributed by atoms with E-state index >= 15 is 8.78 Å². The van der Waals surface area contributed by atoms with E-state index in [0.29, 0.717) is 44.2 Å². The maximum absolute atomic E-state index is 16.6. The van der Waals surface area contributed by atoms with Crippen molar-refractivity contribution in [1.82, 2.24) is 0 Å². The third-order valence-electron chi connectivity index (χ3n) is 10.2. The Kier molecular flexibility index (Phi) is 9.58. The first-order chi connectivity index (χ1) is 27.4. The van der Waals surface area contributed by atoms with Crippen LogP contribution in [-0.4, -0.2) is 11.2 Å². The van der Waals surface area contributed by atoms with Gasteiger partial charge in [0.25, 0.3) is 0 Å². The van der Waals surface area contributed by atoms with Gasteiger partial charge in [0, 0.05) is 34.4 Å². The van der Waals surface area contributed by atoms with Crippen molar-refractivity contribution in [3.8, 4) is 56.0 Å². The SMILES string of the molecule is Cc1ccc(-c2cc(C)cc3c(-c4ccc(F)cc4F)c4c(-c5ccc(OC(C)(C)C)cc5)c5ccc(OC(C)(C)C)cc5cc4c(-c4ccc(F)cc4F)c23)cc1. The molecule has 8 aromatic carbocycles. The maximum atomic E-state index is 16.6. The summed E-state index contributed by atoms with van der Waals surface area (Å²) in [5.74, 6) is -1.59. The molecule has 292 valence electrons. The molecule has 8 aromatic rings. The van der Waals surface area contributed by atoms with Gasteiger partial charge >= 0.3 is 0 Å². The van der Waals surface area contributed by atoms with Crippen LogP contribution in [0.4, 0.5) is 17.6 Å². The van der Waals surface area contributed by atoms with Crippen molar-refractivity contribution in [3.05, 3.63) is 156 Å². The Balaban J connectivity index is 1.67. The third kappa shape index (κ3) is 7.40. The van der Waals surface area contributed by atoms with Crippen molar-refractivity contribution in [1.29, 1.82) is 0 Å². The molecular formula is C52H44F4O2. The lowest BCUT2D eigenvalue weighted by Gasteiger charge is -2.25. The number of ether oxygens (including phenoxy) is 2. The molecule has 0 aliphatic rings. The van der Waals surface area contributed by atoms with Gasteiger partial charge in [0.05, 0.1) is 0 Å². The first-order valence-electron chi connectivity index (χ1n) is 19.4. The second kappa shape index (κ2) is 14.4. The number of fused-ring (bicyclic) bond motifs is 3. The molecule has 0 N–H and O–H groups in total. The molecule has 0 aliphatic carbocycles. The van der Waals surface area contributed by atoms with Crippen LogP contribution >= 0.6 is 0 Å². The molecular weight excluding hydrogens is 733 g/mol. The molecule has 0 fully saturated rings. The summed E-state index contributed by atoms with van der Waals surface area (Å²) < 4.78 is 75.3. The van der Waals surface area contributed by atoms with E-state index in [1.807, 2.05) is 140 Å². The van der Waals surface area contributed by atoms with Gasteiger partial charge in [0.2, 0.25) is 0 Å². The third-order valence-corrected chi connectivity index (χ3v) is 10.2. The highest BCUT2D eigenvalue weighted by atomic mass is 19.1. The average molecular weight is 777 g/mol. The fourth-order valence-corrected chi connectivity index (χ4v) is 8.03. The van der Waals surface area contributed by atoms with Crippen molar-refractivity contribution in [3.63, 3.8) is 0 Å². The number of aryl methyl sites for hydroxylation is 2. The Hall–Kier alpha value is -6.14. The molecule has 2 nitrogen and oxygen atoms in total. The van der Waals surface area contributed by atoms with Gasteiger partial charge in [-0.1, -0.05) is 60.2 Å². The second-order valence-electron chi connectivity index (χ2n) is 17.1. The van der Waals surface area contributed by atoms with E-state index in [2.05, 4.69) is 0 Å². The molecule has 0 unspecified atom stereocenters. The molecule has 6 heteroatoms. The Bertz CT molecular complexity index is 2900. The summed E-state index contributed by atoms with van der Waals surface area (Å²) in [6.07, 6.45) is 0. The summed E-state index contributed by atoms with van der Waals surface area (Å²) >= 11 is 0. The van der Waals surface area contributed by atoms with Crippen LogP contribution in [0, 0.1) is 37.1 Å². The van der Waals surface area contributed by atoms with Crippen LogP contribution in [0.3, 0.4) is 0 Å². The predicted octanol–water partition coefficient (Wildman–Crippen LogP) is 15.3. The van der Waals surface area contributed by atoms with Gasteiger partial charge in [0.1, 0.15) is 46.0 Å². The minimum atomic E-state index is -0.742. The predicted molar refractivity (Wildman–Crippen MR) is 231 cm³/mol. The van der Waals surface area contributed by atoms with Crippen LogP contribution in [0.2, 0.25) is 0 Å². The molecule has 0 heterocycles. The van der Waals surface area contributed by atoms with Crippen LogP contribution in [0.5, 0.6) is 11.5 Å². The van der Waals surface area contributed by atoms with E-state index in [0.717, 1.165) is 56.3 Å². The number of benzene rings is 8. The van der Waals surface area contributed by atoms with Crippen molar-refractivity contribution in [2.45, 2.75) is 66.6 Å². The monoisotopic (exact) mass is 776 g/mol. The highest BCUT2D eigenvalue weighted by molar-refractivity contribution is 6.31. The summed E-state index contributed by atoms with van der Waals surface area (Å²) in [5.41, 5.74) is 5.60. The highest BCUT2D eigenvalue weighted by Crippen LogP contribution is 2.53. The van der Waals surface area contributed by atoms with Gasteiger partial charge in [-0.05, 0) is 170 Å². The normalized spacial score (nSPS) is 12.1. The molecule has 0 radical (unpaired) electrons. The van der Waals surface area contributed by atoms with Gasteiger partial charge in [-0.3, -0.25) is 0 Å². The molecule has 0 amide bonds. The smallest absolute Gasteiger partial charge is 0.133 e. The summed E-state index contributed by atoms with van der Waals surface area (Å²) in [7, 11) is 0. The number of rotatable bonds is 6. The van der Waals surface area contributed by atoms with Crippen LogP contribution in [0.1, 0.15) is 52.7 Å². The Morgan fingerprint density at radius 3 is 1.48 bits per heavy atom. The summed E-state index contributed by atoms with van der Waals surface area (Å²) in [4.78, 5) is 0. The van der Waals surface area contributed by atoms with Gasteiger partial charge in [-0.15, -0.1) is 0 Å². The second-order valence-corrected chi connectivity index (χ2v) is 17.1. The molecule has 8 rings (SSSR count). The van der Waals surface area contributed by atoms with Crippen LogP contribution < -0.4 is 9.47 Å². The topological polar surface area (TPSA) is 18.5 Å². The fraction of sp³-hybridized carbons (Fsp3) is 0.192. The van der Waals surface area contributed by atoms with Crippen LogP contribution in [-0.2, 0) is 0 Å². The minimum Gasteiger partial charge on any atom is -0.488 e. The highest BCUT2D eigenvalue weighted by Gasteiger charge is 2.27. The van der Waals surface area contributed by atoms with E-state index in [4.69, 9.17) is 9.47 Å². The zero-order chi connectivity index (χ0) is 41.3. The van der Waals surface area contributed by atoms with E-state index in [9.17, 15) is 8.78 Å². The molecule has 0 saturated carbocycles. The van der Waals surface area contributed by atoms with Gasteiger partial charge in [-0.2, -0.15) is 0 Å². The Labute approximate surface area is 336 Å². The van der Waals surface area contributed by atoms with E-state index in [-0.39, 0.29) is 11.1 Å². The molecule has 58 heavy (non-hydrogen) atoms. The van der Waals surface area contributed by atoms with E-state index in [1.165, 1.54) is 24.3 Å². The van der Waals surface area contributed by atoms with Crippen molar-refractivity contribution in [2.75, 3.05) is 0 Å². The summed E-state index contributed by atoms with van der Waals surface area (Å²) in [5, 5.41) is 4.12. The molecule has 0 spiro atoms. The van der Waals surface area contributed by atoms with Gasteiger partial charge < -0.3 is 9.47 Å². The minimum absolute atomic E-state index is 0.182. The van der Waals surface area contributed by atoms with Crippen LogP contribution in [0.15, 0.2) is 121 Å². The summed E-state index contributed by atoms with van der Waals surface area (Å²) in [6.45, 7) is 15.8. The Morgan fingerprint density at radius 1 is 0.397 bits per heavy atom. The number of halogens is 4. The summed E-state index contributed by atoms with van der Waals surface area (Å²) in [6, 6.07) is 34.9. The number of hydrogen-bond acceptors (Lipinski definition) is 2. The van der Waals surface area contributed by atoms with Crippen molar-refractivity contribution in [2.24, 2.45) is 0 Å². The maximum Gasteiger partial charge on any atom is 0.133 e. The molecule has 0 atom stereocenters. The first kappa shape index (κ1) is 38.7. The Morgan fingerprint density at radius 2 is 0.914 bits per heavy atom. The van der Waals surface area contributed by atoms with Crippen molar-refractivity contribution < 1.29 is 27.0 Å². The van der Waals surface area contributed by atoms with E-state index < -0.39 is 34.5 Å². The standard InChI is InChI=1S/C52H44F4O2/c1-29-9-11-31(12-10-29)41-23-30(2)24-42-48(40-21-16-35(54)28-45(40)56)50-43(47(49(41)42)39-20-15-34(53)27-44(39)55)26-33-25-37(58-52(6,7)8)19-22-38(33)46(50)32-13-17-36(18-14-32)57-51(3,4)5/h9-28H,1-8H3. The van der Waals surface area contributed by atoms with Crippen LogP contribution in [0.25, 0.3) is 76.8 Å². The fourth-order valence-electron chi connectivity index (χ4n) is 8.03. The zero-order valence-electron chi connectivity index (χ0n) is 33.9. The zero-order valence-corrected chi connectivity index (χ0v) is 33.9. The average Bonchev–Trinajstić information content (AvgIpc) is 3.13. The van der Waals surface area contributed by atoms with E-state index in [1.54, 1.807) is 0 Å². The number of hydrogen-bond donors (Lipinski definition) is 0. The van der Waals surface area contributed by atoms with Gasteiger partial charge in [0.15, 0.2) is 0 Å². The molecule has 0 aromatic heterocycles.